The maximum absolute atomic E-state index is 13.6. The summed E-state index contributed by atoms with van der Waals surface area (Å²) in [4.78, 5) is 18.2. The van der Waals surface area contributed by atoms with E-state index < -0.39 is 10.0 Å². The highest BCUT2D eigenvalue weighted by atomic mass is 32.2. The van der Waals surface area contributed by atoms with E-state index in [-0.39, 0.29) is 28.3 Å². The standard InChI is InChI=1S/C30H39N7O4S/c1-18-9-10-19(13-24(18)36-17-23(33-35-36)25-16-31-26-11-12-30(5,6)37(25)26)28(38)32-21-14-20(29(2,3)4)15-22(27(21)41-7)34-42(8,39)40/h9-10,13-17,33-35H,11-12H2,1-8H3,(H,32,38). The summed E-state index contributed by atoms with van der Waals surface area (Å²) in [6, 6.07) is 8.98. The molecule has 0 spiro atoms. The molecule has 42 heavy (non-hydrogen) atoms. The molecule has 4 N–H and O–H groups in total. The Morgan fingerprint density at radius 2 is 1.86 bits per heavy atom. The molecule has 11 nitrogen and oxygen atoms in total. The number of anilines is 3. The SMILES string of the molecule is COc1c(NC(=O)c2ccc(C)c(N3C=C(c4cnc5n4C(C)(C)CC5)NN3)c2)cc(C(C)(C)C)cc1NS(C)(=O)=O. The van der Waals surface area contributed by atoms with Crippen LogP contribution in [0.3, 0.4) is 0 Å². The maximum Gasteiger partial charge on any atom is 0.255 e. The zero-order valence-corrected chi connectivity index (χ0v) is 26.2. The number of hydrogen-bond acceptors (Lipinski definition) is 8. The first-order valence-corrected chi connectivity index (χ1v) is 15.7. The number of nitrogens with one attached hydrogen (secondary N) is 4. The maximum atomic E-state index is 13.6. The smallest absolute Gasteiger partial charge is 0.255 e. The number of ether oxygens (including phenoxy) is 1. The van der Waals surface area contributed by atoms with Gasteiger partial charge in [0.1, 0.15) is 5.82 Å². The number of rotatable bonds is 7. The van der Waals surface area contributed by atoms with Crippen LogP contribution in [-0.4, -0.2) is 37.2 Å². The van der Waals surface area contributed by atoms with Gasteiger partial charge in [-0.25, -0.2) is 13.4 Å². The fourth-order valence-electron chi connectivity index (χ4n) is 5.39. The fraction of sp³-hybridized carbons (Fsp3) is 0.400. The molecular weight excluding hydrogens is 554 g/mol. The lowest BCUT2D eigenvalue weighted by Crippen LogP contribution is -2.37. The molecule has 3 heterocycles. The summed E-state index contributed by atoms with van der Waals surface area (Å²) in [6.07, 6.45) is 6.91. The van der Waals surface area contributed by atoms with Gasteiger partial charge in [-0.05, 0) is 68.0 Å². The number of aryl methyl sites for hydroxylation is 2. The van der Waals surface area contributed by atoms with Crippen LogP contribution in [0.2, 0.25) is 0 Å². The van der Waals surface area contributed by atoms with Crippen molar-refractivity contribution in [2.75, 3.05) is 28.4 Å². The number of hydrazine groups is 2. The minimum atomic E-state index is -3.59. The minimum absolute atomic E-state index is 0.0208. The number of nitrogens with zero attached hydrogens (tertiary/aromatic N) is 3. The number of aromatic nitrogens is 2. The van der Waals surface area contributed by atoms with Crippen LogP contribution in [0.15, 0.2) is 42.7 Å². The first kappa shape index (κ1) is 29.5. The molecule has 0 fully saturated rings. The average molecular weight is 594 g/mol. The number of amides is 1. The van der Waals surface area contributed by atoms with E-state index in [0.717, 1.165) is 53.1 Å². The molecule has 2 aliphatic rings. The molecule has 0 radical (unpaired) electrons. The van der Waals surface area contributed by atoms with Crippen LogP contribution >= 0.6 is 0 Å². The van der Waals surface area contributed by atoms with Gasteiger partial charge in [-0.3, -0.25) is 20.0 Å². The van der Waals surface area contributed by atoms with Crippen LogP contribution in [0.5, 0.6) is 5.75 Å². The van der Waals surface area contributed by atoms with Crippen LogP contribution in [0, 0.1) is 6.92 Å². The summed E-state index contributed by atoms with van der Waals surface area (Å²) >= 11 is 0. The molecule has 2 aliphatic heterocycles. The van der Waals surface area contributed by atoms with Gasteiger partial charge in [0.25, 0.3) is 5.91 Å². The lowest BCUT2D eigenvalue weighted by molar-refractivity contribution is 0.102. The molecule has 0 saturated carbocycles. The first-order chi connectivity index (χ1) is 19.6. The van der Waals surface area contributed by atoms with Crippen LogP contribution in [0.25, 0.3) is 5.70 Å². The molecule has 3 aromatic rings. The summed E-state index contributed by atoms with van der Waals surface area (Å²) in [5, 5.41) is 4.79. The molecule has 0 unspecified atom stereocenters. The first-order valence-electron chi connectivity index (χ1n) is 13.8. The number of carbonyl (C=O) groups is 1. The molecule has 224 valence electrons. The summed E-state index contributed by atoms with van der Waals surface area (Å²) in [6.45, 7) is 12.4. The monoisotopic (exact) mass is 593 g/mol. The summed E-state index contributed by atoms with van der Waals surface area (Å²) in [5.74, 6) is 0.938. The molecule has 0 saturated heterocycles. The molecule has 0 atom stereocenters. The third-order valence-electron chi connectivity index (χ3n) is 7.68. The zero-order valence-electron chi connectivity index (χ0n) is 25.3. The van der Waals surface area contributed by atoms with E-state index in [1.807, 2.05) is 57.2 Å². The van der Waals surface area contributed by atoms with Gasteiger partial charge >= 0.3 is 0 Å². The van der Waals surface area contributed by atoms with E-state index in [0.29, 0.717) is 11.3 Å². The highest BCUT2D eigenvalue weighted by Gasteiger charge is 2.34. The van der Waals surface area contributed by atoms with Gasteiger partial charge in [0.05, 0.1) is 54.2 Å². The second kappa shape index (κ2) is 10.4. The average Bonchev–Trinajstić information content (AvgIpc) is 3.60. The molecule has 1 aromatic heterocycles. The van der Waals surface area contributed by atoms with Gasteiger partial charge in [0, 0.05) is 17.5 Å². The molecule has 12 heteroatoms. The second-order valence-corrected chi connectivity index (χ2v) is 14.3. The molecule has 1 amide bonds. The van der Waals surface area contributed by atoms with E-state index in [1.54, 1.807) is 18.2 Å². The Labute approximate surface area is 247 Å². The van der Waals surface area contributed by atoms with E-state index in [2.05, 4.69) is 44.4 Å². The van der Waals surface area contributed by atoms with E-state index in [4.69, 9.17) is 4.74 Å². The predicted molar refractivity (Wildman–Crippen MR) is 166 cm³/mol. The van der Waals surface area contributed by atoms with Crippen LogP contribution in [-0.2, 0) is 27.4 Å². The van der Waals surface area contributed by atoms with Crippen molar-refractivity contribution in [1.82, 2.24) is 20.5 Å². The Morgan fingerprint density at radius 1 is 1.14 bits per heavy atom. The van der Waals surface area contributed by atoms with Crippen LogP contribution < -0.4 is 30.7 Å². The van der Waals surface area contributed by atoms with Gasteiger partial charge < -0.3 is 14.6 Å². The lowest BCUT2D eigenvalue weighted by Gasteiger charge is -2.24. The number of hydrogen-bond donors (Lipinski definition) is 4. The Bertz CT molecular complexity index is 1700. The highest BCUT2D eigenvalue weighted by molar-refractivity contribution is 7.92. The number of fused-ring (bicyclic) bond motifs is 1. The topological polar surface area (TPSA) is 130 Å². The molecular formula is C30H39N7O4S. The van der Waals surface area contributed by atoms with Crippen molar-refractivity contribution in [2.45, 2.75) is 65.3 Å². The van der Waals surface area contributed by atoms with Crippen molar-refractivity contribution < 1.29 is 17.9 Å². The van der Waals surface area contributed by atoms with Gasteiger partial charge in [0.2, 0.25) is 10.0 Å². The van der Waals surface area contributed by atoms with Crippen molar-refractivity contribution in [3.63, 3.8) is 0 Å². The van der Waals surface area contributed by atoms with Gasteiger partial charge in [0.15, 0.2) is 5.75 Å². The zero-order chi connectivity index (χ0) is 30.6. The van der Waals surface area contributed by atoms with E-state index in [9.17, 15) is 13.2 Å². The van der Waals surface area contributed by atoms with Crippen molar-refractivity contribution in [1.29, 1.82) is 0 Å². The number of carbonyl (C=O) groups excluding carboxylic acids is 1. The Balaban J connectivity index is 1.46. The highest BCUT2D eigenvalue weighted by Crippen LogP contribution is 2.40. The number of imidazole rings is 1. The third-order valence-corrected chi connectivity index (χ3v) is 8.27. The van der Waals surface area contributed by atoms with Crippen molar-refractivity contribution >= 4 is 38.7 Å². The molecule has 2 aromatic carbocycles. The van der Waals surface area contributed by atoms with Crippen molar-refractivity contribution in [3.8, 4) is 5.75 Å². The summed E-state index contributed by atoms with van der Waals surface area (Å²) < 4.78 is 34.5. The molecule has 0 aliphatic carbocycles. The fourth-order valence-corrected chi connectivity index (χ4v) is 5.94. The van der Waals surface area contributed by atoms with Crippen LogP contribution in [0.1, 0.15) is 74.0 Å². The minimum Gasteiger partial charge on any atom is -0.492 e. The number of sulfonamides is 1. The number of benzene rings is 2. The Morgan fingerprint density at radius 3 is 2.52 bits per heavy atom. The predicted octanol–water partition coefficient (Wildman–Crippen LogP) is 4.63. The van der Waals surface area contributed by atoms with E-state index in [1.165, 1.54) is 7.11 Å². The third kappa shape index (κ3) is 5.68. The number of methoxy groups -OCH3 is 1. The second-order valence-electron chi connectivity index (χ2n) is 12.5. The Hall–Kier alpha value is -4.03. The summed E-state index contributed by atoms with van der Waals surface area (Å²) in [5.41, 5.74) is 11.6. The largest absolute Gasteiger partial charge is 0.492 e. The van der Waals surface area contributed by atoms with Crippen molar-refractivity contribution in [3.05, 3.63) is 70.9 Å². The van der Waals surface area contributed by atoms with Gasteiger partial charge in [-0.15, -0.1) is 5.53 Å². The quantitative estimate of drug-likeness (QED) is 0.312. The normalized spacial score (nSPS) is 16.1. The van der Waals surface area contributed by atoms with Crippen molar-refractivity contribution in [2.24, 2.45) is 0 Å². The van der Waals surface area contributed by atoms with Gasteiger partial charge in [-0.2, -0.15) is 0 Å². The lowest BCUT2D eigenvalue weighted by atomic mass is 9.86. The Kier molecular flexibility index (Phi) is 7.26. The molecule has 5 rings (SSSR count). The van der Waals surface area contributed by atoms with Crippen LogP contribution in [0.4, 0.5) is 17.1 Å². The van der Waals surface area contributed by atoms with Gasteiger partial charge in [-0.1, -0.05) is 26.8 Å². The van der Waals surface area contributed by atoms with E-state index >= 15 is 0 Å². The summed E-state index contributed by atoms with van der Waals surface area (Å²) in [7, 11) is -2.16. The molecule has 0 bridgehead atoms.